The lowest BCUT2D eigenvalue weighted by Gasteiger charge is -2.39. The van der Waals surface area contributed by atoms with E-state index in [1.54, 1.807) is 0 Å². The van der Waals surface area contributed by atoms with Gasteiger partial charge in [-0.2, -0.15) is 5.26 Å². The highest BCUT2D eigenvalue weighted by molar-refractivity contribution is 6.42. The van der Waals surface area contributed by atoms with Crippen molar-refractivity contribution in [1.29, 1.82) is 5.26 Å². The van der Waals surface area contributed by atoms with Crippen LogP contribution >= 0.6 is 23.2 Å². The van der Waals surface area contributed by atoms with Gasteiger partial charge in [0, 0.05) is 12.6 Å². The van der Waals surface area contributed by atoms with Gasteiger partial charge in [-0.05, 0) is 68.8 Å². The Bertz CT molecular complexity index is 855. The Balaban J connectivity index is 1.79. The lowest BCUT2D eigenvalue weighted by atomic mass is 9.63. The molecular weight excluding hydrogens is 411 g/mol. The van der Waals surface area contributed by atoms with Crippen LogP contribution in [0.4, 0.5) is 0 Å². The third-order valence-electron chi connectivity index (χ3n) is 6.92. The smallest absolute Gasteiger partial charge is 0.0851 e. The van der Waals surface area contributed by atoms with Crippen molar-refractivity contribution in [2.24, 2.45) is 5.92 Å². The summed E-state index contributed by atoms with van der Waals surface area (Å²) in [4.78, 5) is 2.38. The van der Waals surface area contributed by atoms with Gasteiger partial charge in [0.05, 0.1) is 21.5 Å². The van der Waals surface area contributed by atoms with E-state index in [4.69, 9.17) is 23.2 Å². The molecule has 1 aliphatic carbocycles. The maximum atomic E-state index is 10.5. The van der Waals surface area contributed by atoms with E-state index in [9.17, 15) is 5.26 Å². The third kappa shape index (κ3) is 5.38. The number of hydrogen-bond donors (Lipinski definition) is 0. The molecule has 4 heteroatoms. The molecule has 160 valence electrons. The van der Waals surface area contributed by atoms with E-state index in [0.29, 0.717) is 22.0 Å². The number of benzene rings is 2. The molecule has 0 spiro atoms. The zero-order valence-corrected chi connectivity index (χ0v) is 19.6. The molecule has 3 rings (SSSR count). The predicted molar refractivity (Wildman–Crippen MR) is 127 cm³/mol. The summed E-state index contributed by atoms with van der Waals surface area (Å²) < 4.78 is 0. The second-order valence-corrected chi connectivity index (χ2v) is 9.65. The van der Waals surface area contributed by atoms with Gasteiger partial charge in [-0.15, -0.1) is 0 Å². The average molecular weight is 443 g/mol. The highest BCUT2D eigenvalue weighted by Crippen LogP contribution is 2.45. The van der Waals surface area contributed by atoms with E-state index in [1.807, 2.05) is 18.2 Å². The zero-order valence-electron chi connectivity index (χ0n) is 18.1. The van der Waals surface area contributed by atoms with Crippen molar-refractivity contribution in [3.8, 4) is 6.07 Å². The van der Waals surface area contributed by atoms with Gasteiger partial charge in [0.1, 0.15) is 0 Å². The number of rotatable bonds is 8. The molecule has 1 saturated carbocycles. The minimum absolute atomic E-state index is 0.375. The normalized spacial score (nSPS) is 18.0. The highest BCUT2D eigenvalue weighted by Gasteiger charge is 2.41. The molecule has 0 radical (unpaired) electrons. The van der Waals surface area contributed by atoms with Crippen molar-refractivity contribution < 1.29 is 0 Å². The number of nitrogens with zero attached hydrogens (tertiary/aromatic N) is 2. The molecule has 30 heavy (non-hydrogen) atoms. The minimum Gasteiger partial charge on any atom is -0.299 e. The van der Waals surface area contributed by atoms with Gasteiger partial charge in [-0.25, -0.2) is 0 Å². The van der Waals surface area contributed by atoms with Crippen molar-refractivity contribution in [2.45, 2.75) is 69.9 Å². The van der Waals surface area contributed by atoms with E-state index < -0.39 is 5.41 Å². The van der Waals surface area contributed by atoms with E-state index >= 15 is 0 Å². The second-order valence-electron chi connectivity index (χ2n) is 8.84. The van der Waals surface area contributed by atoms with E-state index in [1.165, 1.54) is 24.8 Å². The van der Waals surface area contributed by atoms with E-state index in [2.05, 4.69) is 55.3 Å². The van der Waals surface area contributed by atoms with Crippen molar-refractivity contribution in [1.82, 2.24) is 4.90 Å². The monoisotopic (exact) mass is 442 g/mol. The zero-order chi connectivity index (χ0) is 21.6. The summed E-state index contributed by atoms with van der Waals surface area (Å²) in [5.41, 5.74) is 1.84. The summed E-state index contributed by atoms with van der Waals surface area (Å²) in [7, 11) is 2.17. The predicted octanol–water partition coefficient (Wildman–Crippen LogP) is 7.64. The fraction of sp³-hybridized carbons (Fsp3) is 0.500. The van der Waals surface area contributed by atoms with Crippen molar-refractivity contribution in [3.63, 3.8) is 0 Å². The molecule has 0 saturated heterocycles. The fourth-order valence-corrected chi connectivity index (χ4v) is 5.15. The van der Waals surface area contributed by atoms with Gasteiger partial charge in [0.15, 0.2) is 0 Å². The van der Waals surface area contributed by atoms with Gasteiger partial charge < -0.3 is 0 Å². The molecule has 0 N–H and O–H groups in total. The Morgan fingerprint density at radius 2 is 1.77 bits per heavy atom. The van der Waals surface area contributed by atoms with Crippen LogP contribution in [0, 0.1) is 17.2 Å². The molecule has 2 unspecified atom stereocenters. The summed E-state index contributed by atoms with van der Waals surface area (Å²) >= 11 is 12.6. The number of hydrogen-bond acceptors (Lipinski definition) is 2. The second kappa shape index (κ2) is 10.7. The first-order valence-electron chi connectivity index (χ1n) is 11.1. The van der Waals surface area contributed by atoms with Crippen LogP contribution in [0.1, 0.15) is 63.0 Å². The van der Waals surface area contributed by atoms with Crippen LogP contribution in [0.15, 0.2) is 48.5 Å². The molecule has 2 aromatic carbocycles. The summed E-state index contributed by atoms with van der Waals surface area (Å²) in [5, 5.41) is 11.6. The fourth-order valence-electron chi connectivity index (χ4n) is 4.85. The van der Waals surface area contributed by atoms with Crippen LogP contribution in [0.5, 0.6) is 0 Å². The molecule has 0 amide bonds. The number of halogens is 2. The van der Waals surface area contributed by atoms with Crippen molar-refractivity contribution >= 4 is 23.2 Å². The van der Waals surface area contributed by atoms with Crippen molar-refractivity contribution in [2.75, 3.05) is 7.05 Å². The molecule has 0 heterocycles. The van der Waals surface area contributed by atoms with Gasteiger partial charge in [0.25, 0.3) is 0 Å². The van der Waals surface area contributed by atoms with Crippen LogP contribution in [-0.2, 0) is 12.0 Å². The Kier molecular flexibility index (Phi) is 8.23. The maximum absolute atomic E-state index is 10.5. The molecule has 0 aromatic heterocycles. The molecule has 0 bridgehead atoms. The summed E-state index contributed by atoms with van der Waals surface area (Å²) in [6.45, 7) is 3.18. The van der Waals surface area contributed by atoms with Crippen LogP contribution in [0.25, 0.3) is 0 Å². The van der Waals surface area contributed by atoms with E-state index in [-0.39, 0.29) is 0 Å². The third-order valence-corrected chi connectivity index (χ3v) is 7.66. The first kappa shape index (κ1) is 23.1. The van der Waals surface area contributed by atoms with Gasteiger partial charge in [0.2, 0.25) is 0 Å². The molecule has 2 atom stereocenters. The van der Waals surface area contributed by atoms with Crippen LogP contribution in [-0.4, -0.2) is 18.0 Å². The average Bonchev–Trinajstić information content (AvgIpc) is 2.78. The SMILES string of the molecule is CC(CCC(C#N)(c1ccc(Cl)c(Cl)c1)C1CCCCC1)N(C)Cc1ccccc1. The minimum atomic E-state index is -0.503. The topological polar surface area (TPSA) is 27.0 Å². The Hall–Kier alpha value is -1.53. The molecule has 2 nitrogen and oxygen atoms in total. The van der Waals surface area contributed by atoms with Gasteiger partial charge in [-0.3, -0.25) is 4.90 Å². The van der Waals surface area contributed by atoms with Crippen LogP contribution in [0.3, 0.4) is 0 Å². The Morgan fingerprint density at radius 1 is 1.07 bits per heavy atom. The quantitative estimate of drug-likeness (QED) is 0.419. The molecule has 2 aromatic rings. The molecule has 1 fully saturated rings. The summed E-state index contributed by atoms with van der Waals surface area (Å²) in [6.07, 6.45) is 7.72. The standard InChI is InChI=1S/C26H32Cl2N2/c1-20(30(2)18-21-9-5-3-6-10-21)15-16-26(19-29,22-11-7-4-8-12-22)23-13-14-24(27)25(28)17-23/h3,5-6,9-10,13-14,17,20,22H,4,7-8,11-12,15-16,18H2,1-2H3. The molecule has 1 aliphatic rings. The van der Waals surface area contributed by atoms with Crippen molar-refractivity contribution in [3.05, 3.63) is 69.7 Å². The van der Waals surface area contributed by atoms with Crippen LogP contribution in [0.2, 0.25) is 10.0 Å². The first-order chi connectivity index (χ1) is 14.5. The lowest BCUT2D eigenvalue weighted by molar-refractivity contribution is 0.192. The van der Waals surface area contributed by atoms with Crippen LogP contribution < -0.4 is 0 Å². The Labute approximate surface area is 191 Å². The van der Waals surface area contributed by atoms with Gasteiger partial charge in [-0.1, -0.05) is 78.9 Å². The summed E-state index contributed by atoms with van der Waals surface area (Å²) in [6, 6.07) is 19.5. The van der Waals surface area contributed by atoms with E-state index in [0.717, 1.165) is 37.8 Å². The number of nitriles is 1. The lowest BCUT2D eigenvalue weighted by Crippen LogP contribution is -2.38. The Morgan fingerprint density at radius 3 is 2.40 bits per heavy atom. The molecular formula is C26H32Cl2N2. The molecule has 0 aliphatic heterocycles. The summed E-state index contributed by atoms with van der Waals surface area (Å²) in [5.74, 6) is 0.375. The first-order valence-corrected chi connectivity index (χ1v) is 11.8. The highest BCUT2D eigenvalue weighted by atomic mass is 35.5. The van der Waals surface area contributed by atoms with Gasteiger partial charge >= 0.3 is 0 Å². The maximum Gasteiger partial charge on any atom is 0.0851 e. The largest absolute Gasteiger partial charge is 0.299 e.